The van der Waals surface area contributed by atoms with Crippen molar-refractivity contribution in [1.29, 1.82) is 0 Å². The third kappa shape index (κ3) is 3.62. The van der Waals surface area contributed by atoms with Gasteiger partial charge in [0, 0.05) is 23.6 Å². The van der Waals surface area contributed by atoms with Crippen LogP contribution in [0.1, 0.15) is 63.2 Å². The lowest BCUT2D eigenvalue weighted by molar-refractivity contribution is -0.0260. The van der Waals surface area contributed by atoms with Crippen LogP contribution in [0.25, 0.3) is 0 Å². The molecule has 0 spiro atoms. The normalized spacial score (nSPS) is 26.6. The second-order valence-corrected chi connectivity index (χ2v) is 8.73. The summed E-state index contributed by atoms with van der Waals surface area (Å²) in [5.74, 6) is 1.38. The summed E-state index contributed by atoms with van der Waals surface area (Å²) in [4.78, 5) is 27.7. The number of benzene rings is 1. The first-order valence-electron chi connectivity index (χ1n) is 9.77. The molecule has 0 N–H and O–H groups in total. The van der Waals surface area contributed by atoms with Crippen molar-refractivity contribution in [2.24, 2.45) is 5.92 Å². The Kier molecular flexibility index (Phi) is 4.52. The van der Waals surface area contributed by atoms with E-state index < -0.39 is 5.60 Å². The number of piperidine rings is 2. The lowest BCUT2D eigenvalue weighted by atomic mass is 9.76. The molecule has 0 aromatic heterocycles. The highest BCUT2D eigenvalue weighted by molar-refractivity contribution is 5.98. The topological polar surface area (TPSA) is 65.1 Å². The van der Waals surface area contributed by atoms with Crippen LogP contribution in [-0.4, -0.2) is 41.3 Å². The molecule has 27 heavy (non-hydrogen) atoms. The number of hydrogen-bond donors (Lipinski definition) is 0. The van der Waals surface area contributed by atoms with E-state index >= 15 is 0 Å². The average Bonchev–Trinajstić information content (AvgIpc) is 3.06. The number of amides is 1. The fourth-order valence-electron chi connectivity index (χ4n) is 4.49. The monoisotopic (exact) mass is 373 g/mol. The van der Waals surface area contributed by atoms with Gasteiger partial charge in [-0.25, -0.2) is 4.79 Å². The molecule has 2 atom stereocenters. The van der Waals surface area contributed by atoms with E-state index in [9.17, 15) is 9.59 Å². The van der Waals surface area contributed by atoms with Crippen molar-refractivity contribution in [2.75, 3.05) is 6.79 Å². The van der Waals surface area contributed by atoms with E-state index in [1.165, 1.54) is 0 Å². The Morgan fingerprint density at radius 2 is 1.74 bits per heavy atom. The number of carbonyl (C=O) groups excluding carboxylic acids is 2. The Labute approximate surface area is 159 Å². The van der Waals surface area contributed by atoms with Gasteiger partial charge in [-0.15, -0.1) is 0 Å². The van der Waals surface area contributed by atoms with E-state index in [1.54, 1.807) is 12.1 Å². The van der Waals surface area contributed by atoms with Crippen LogP contribution in [0.3, 0.4) is 0 Å². The zero-order chi connectivity index (χ0) is 19.2. The molecule has 3 heterocycles. The molecular formula is C21H27NO5. The van der Waals surface area contributed by atoms with Crippen LogP contribution in [0.2, 0.25) is 0 Å². The largest absolute Gasteiger partial charge is 0.454 e. The van der Waals surface area contributed by atoms with Crippen molar-refractivity contribution in [3.8, 4) is 11.5 Å². The van der Waals surface area contributed by atoms with Crippen LogP contribution in [-0.2, 0) is 4.74 Å². The molecule has 6 nitrogen and oxygen atoms in total. The number of Topliss-reactive ketones (excluding diaryl/α,β-unsaturated/α-hetero) is 1. The Morgan fingerprint density at radius 1 is 1.07 bits per heavy atom. The van der Waals surface area contributed by atoms with E-state index in [0.717, 1.165) is 19.3 Å². The first-order chi connectivity index (χ1) is 12.8. The average molecular weight is 373 g/mol. The van der Waals surface area contributed by atoms with E-state index in [4.69, 9.17) is 14.2 Å². The molecule has 2 unspecified atom stereocenters. The summed E-state index contributed by atoms with van der Waals surface area (Å²) in [6.07, 6.45) is 4.11. The highest BCUT2D eigenvalue weighted by Crippen LogP contribution is 2.40. The minimum Gasteiger partial charge on any atom is -0.454 e. The van der Waals surface area contributed by atoms with Crippen molar-refractivity contribution in [3.63, 3.8) is 0 Å². The van der Waals surface area contributed by atoms with Gasteiger partial charge in [-0.2, -0.15) is 0 Å². The van der Waals surface area contributed by atoms with Gasteiger partial charge in [0.05, 0.1) is 0 Å². The van der Waals surface area contributed by atoms with E-state index in [-0.39, 0.29) is 36.7 Å². The molecular weight excluding hydrogens is 346 g/mol. The smallest absolute Gasteiger partial charge is 0.410 e. The van der Waals surface area contributed by atoms with Crippen LogP contribution in [0.5, 0.6) is 11.5 Å². The molecule has 2 bridgehead atoms. The van der Waals surface area contributed by atoms with Gasteiger partial charge in [0.15, 0.2) is 17.3 Å². The van der Waals surface area contributed by atoms with Gasteiger partial charge in [-0.1, -0.05) is 0 Å². The van der Waals surface area contributed by atoms with Crippen molar-refractivity contribution in [1.82, 2.24) is 4.90 Å². The van der Waals surface area contributed by atoms with Gasteiger partial charge in [0.2, 0.25) is 6.79 Å². The Hall–Kier alpha value is -2.24. The van der Waals surface area contributed by atoms with Crippen molar-refractivity contribution < 1.29 is 23.8 Å². The third-order valence-corrected chi connectivity index (χ3v) is 5.61. The van der Waals surface area contributed by atoms with Crippen LogP contribution in [0.15, 0.2) is 18.2 Å². The number of carbonyl (C=O) groups is 2. The van der Waals surface area contributed by atoms with Crippen molar-refractivity contribution >= 4 is 11.9 Å². The molecule has 2 saturated heterocycles. The number of ether oxygens (including phenoxy) is 3. The molecule has 3 aliphatic heterocycles. The maximum absolute atomic E-state index is 13.1. The molecule has 146 valence electrons. The summed E-state index contributed by atoms with van der Waals surface area (Å²) in [6, 6.07) is 5.55. The predicted octanol–water partition coefficient (Wildman–Crippen LogP) is 4.17. The number of hydrogen-bond acceptors (Lipinski definition) is 5. The Morgan fingerprint density at radius 3 is 2.41 bits per heavy atom. The molecule has 0 aliphatic carbocycles. The standard InChI is InChI=1S/C21H27NO5/c1-21(2,3)27-20(24)22-15-5-4-6-16(22)10-14(9-15)19(23)13-7-8-17-18(11-13)26-12-25-17/h7-8,11,14-16H,4-6,9-10,12H2,1-3H3. The highest BCUT2D eigenvalue weighted by atomic mass is 16.7. The maximum Gasteiger partial charge on any atom is 0.410 e. The maximum atomic E-state index is 13.1. The molecule has 1 aromatic rings. The van der Waals surface area contributed by atoms with Gasteiger partial charge >= 0.3 is 6.09 Å². The summed E-state index contributed by atoms with van der Waals surface area (Å²) in [5, 5.41) is 0. The van der Waals surface area contributed by atoms with Crippen molar-refractivity contribution in [2.45, 2.75) is 70.6 Å². The summed E-state index contributed by atoms with van der Waals surface area (Å²) in [7, 11) is 0. The minimum atomic E-state index is -0.509. The zero-order valence-corrected chi connectivity index (χ0v) is 16.2. The summed E-state index contributed by atoms with van der Waals surface area (Å²) in [6.45, 7) is 5.86. The molecule has 1 aromatic carbocycles. The van der Waals surface area contributed by atoms with Gasteiger partial charge in [0.1, 0.15) is 5.60 Å². The van der Waals surface area contributed by atoms with E-state index in [1.807, 2.05) is 31.7 Å². The first kappa shape index (κ1) is 18.1. The molecule has 4 rings (SSSR count). The minimum absolute atomic E-state index is 0.0700. The number of rotatable bonds is 2. The predicted molar refractivity (Wildman–Crippen MR) is 99.1 cm³/mol. The van der Waals surface area contributed by atoms with E-state index in [2.05, 4.69) is 0 Å². The van der Waals surface area contributed by atoms with Gasteiger partial charge in [0.25, 0.3) is 0 Å². The van der Waals surface area contributed by atoms with Crippen molar-refractivity contribution in [3.05, 3.63) is 23.8 Å². The summed E-state index contributed by atoms with van der Waals surface area (Å²) in [5.41, 5.74) is 0.151. The second-order valence-electron chi connectivity index (χ2n) is 8.73. The van der Waals surface area contributed by atoms with Crippen LogP contribution in [0, 0.1) is 5.92 Å². The SMILES string of the molecule is CC(C)(C)OC(=O)N1C2CCCC1CC(C(=O)c1ccc3c(c1)OCO3)C2. The fourth-order valence-corrected chi connectivity index (χ4v) is 4.49. The van der Waals surface area contributed by atoms with Crippen LogP contribution < -0.4 is 9.47 Å². The number of fused-ring (bicyclic) bond motifs is 3. The van der Waals surface area contributed by atoms with Gasteiger partial charge in [-0.05, 0) is 71.1 Å². The highest BCUT2D eigenvalue weighted by Gasteiger charge is 2.44. The van der Waals surface area contributed by atoms with Gasteiger partial charge in [-0.3, -0.25) is 4.79 Å². The molecule has 3 aliphatic rings. The lowest BCUT2D eigenvalue weighted by Gasteiger charge is -2.48. The molecule has 2 fully saturated rings. The molecule has 1 amide bonds. The van der Waals surface area contributed by atoms with Gasteiger partial charge < -0.3 is 19.1 Å². The van der Waals surface area contributed by atoms with Crippen LogP contribution in [0.4, 0.5) is 4.79 Å². The third-order valence-electron chi connectivity index (χ3n) is 5.61. The number of nitrogens with zero attached hydrogens (tertiary/aromatic N) is 1. The zero-order valence-electron chi connectivity index (χ0n) is 16.2. The van der Waals surface area contributed by atoms with Crippen LogP contribution >= 0.6 is 0 Å². The second kappa shape index (κ2) is 6.73. The summed E-state index contributed by atoms with van der Waals surface area (Å²) < 4.78 is 16.3. The fraction of sp³-hybridized carbons (Fsp3) is 0.619. The first-order valence-corrected chi connectivity index (χ1v) is 9.77. The number of ketones is 1. The molecule has 0 radical (unpaired) electrons. The molecule has 6 heteroatoms. The Bertz CT molecular complexity index is 739. The quantitative estimate of drug-likeness (QED) is 0.728. The molecule has 0 saturated carbocycles. The Balaban J connectivity index is 1.49. The lowest BCUT2D eigenvalue weighted by Crippen LogP contribution is -2.56. The summed E-state index contributed by atoms with van der Waals surface area (Å²) >= 11 is 0. The van der Waals surface area contributed by atoms with E-state index in [0.29, 0.717) is 29.9 Å².